The number of nitrogens with one attached hydrogen (secondary N) is 1. The van der Waals surface area contributed by atoms with Crippen molar-refractivity contribution in [3.8, 4) is 0 Å². The maximum absolute atomic E-state index is 12.7. The number of methoxy groups -OCH3 is 1. The molecule has 1 aliphatic heterocycles. The Kier molecular flexibility index (Phi) is 5.79. The Morgan fingerprint density at radius 1 is 1.48 bits per heavy atom. The molecule has 120 valence electrons. The molecule has 0 spiro atoms. The molecule has 0 aromatic carbocycles. The van der Waals surface area contributed by atoms with Crippen molar-refractivity contribution in [1.82, 2.24) is 9.62 Å². The highest BCUT2D eigenvalue weighted by atomic mass is 32.2. The van der Waals surface area contributed by atoms with Crippen molar-refractivity contribution in [1.29, 1.82) is 0 Å². The summed E-state index contributed by atoms with van der Waals surface area (Å²) in [7, 11) is 0.164. The summed E-state index contributed by atoms with van der Waals surface area (Å²) in [6, 6.07) is 3.64. The van der Waals surface area contributed by atoms with E-state index in [0.29, 0.717) is 23.2 Å². The van der Waals surface area contributed by atoms with E-state index in [-0.39, 0.29) is 6.10 Å². The molecule has 2 atom stereocenters. The topological polar surface area (TPSA) is 58.6 Å². The van der Waals surface area contributed by atoms with E-state index in [9.17, 15) is 8.42 Å². The van der Waals surface area contributed by atoms with Gasteiger partial charge in [0.2, 0.25) is 0 Å². The molecule has 5 nitrogen and oxygen atoms in total. The average molecular weight is 332 g/mol. The van der Waals surface area contributed by atoms with E-state index in [1.165, 1.54) is 11.3 Å². The Hall–Kier alpha value is -0.470. The molecule has 7 heteroatoms. The summed E-state index contributed by atoms with van der Waals surface area (Å²) in [5.74, 6) is 0.399. The summed E-state index contributed by atoms with van der Waals surface area (Å²) < 4.78 is 32.8. The van der Waals surface area contributed by atoms with Crippen LogP contribution in [-0.2, 0) is 21.2 Å². The standard InChI is InChI=1S/C14H24N2O3S2/c1-11-7-9-16(10-13(11)19-3)21(17,18)14-5-4-12(20-14)6-8-15-2/h4-5,11,13,15H,6-10H2,1-3H3. The zero-order chi connectivity index (χ0) is 15.5. The predicted octanol–water partition coefficient (Wildman–Crippen LogP) is 1.56. The normalized spacial score (nSPS) is 24.3. The number of rotatable bonds is 6. The smallest absolute Gasteiger partial charge is 0.252 e. The largest absolute Gasteiger partial charge is 0.380 e. The molecular weight excluding hydrogens is 308 g/mol. The molecule has 1 saturated heterocycles. The Morgan fingerprint density at radius 3 is 2.90 bits per heavy atom. The first kappa shape index (κ1) is 16.9. The highest BCUT2D eigenvalue weighted by Gasteiger charge is 2.34. The van der Waals surface area contributed by atoms with Gasteiger partial charge in [-0.3, -0.25) is 0 Å². The molecule has 1 aromatic heterocycles. The molecule has 0 amide bonds. The first-order chi connectivity index (χ1) is 9.98. The minimum Gasteiger partial charge on any atom is -0.380 e. The molecule has 21 heavy (non-hydrogen) atoms. The van der Waals surface area contributed by atoms with Crippen molar-refractivity contribution in [2.45, 2.75) is 30.1 Å². The van der Waals surface area contributed by atoms with Gasteiger partial charge in [-0.05, 0) is 44.5 Å². The van der Waals surface area contributed by atoms with Crippen LogP contribution in [-0.4, -0.2) is 52.6 Å². The van der Waals surface area contributed by atoms with E-state index in [2.05, 4.69) is 12.2 Å². The molecule has 2 rings (SSSR count). The minimum absolute atomic E-state index is 0.0164. The highest BCUT2D eigenvalue weighted by Crippen LogP contribution is 2.29. The van der Waals surface area contributed by atoms with Crippen LogP contribution in [0.25, 0.3) is 0 Å². The number of likely N-dealkylation sites (N-methyl/N-ethyl adjacent to an activating group) is 1. The van der Waals surface area contributed by atoms with E-state index in [1.54, 1.807) is 17.5 Å². The van der Waals surface area contributed by atoms with Gasteiger partial charge in [-0.25, -0.2) is 8.42 Å². The number of hydrogen-bond acceptors (Lipinski definition) is 5. The SMILES string of the molecule is CNCCc1ccc(S(=O)(=O)N2CCC(C)C(OC)C2)s1. The molecule has 2 heterocycles. The molecule has 1 aromatic rings. The van der Waals surface area contributed by atoms with E-state index in [4.69, 9.17) is 4.74 Å². The van der Waals surface area contributed by atoms with E-state index >= 15 is 0 Å². The first-order valence-corrected chi connectivity index (χ1v) is 9.51. The molecule has 2 unspecified atom stereocenters. The van der Waals surface area contributed by atoms with E-state index < -0.39 is 10.0 Å². The molecule has 1 N–H and O–H groups in total. The summed E-state index contributed by atoms with van der Waals surface area (Å²) >= 11 is 1.37. The molecule has 0 aliphatic carbocycles. The van der Waals surface area contributed by atoms with Gasteiger partial charge < -0.3 is 10.1 Å². The van der Waals surface area contributed by atoms with Gasteiger partial charge >= 0.3 is 0 Å². The Labute approximate surface area is 131 Å². The number of thiophene rings is 1. The molecule has 0 bridgehead atoms. The van der Waals surface area contributed by atoms with Gasteiger partial charge in [0.15, 0.2) is 0 Å². The van der Waals surface area contributed by atoms with Crippen molar-refractivity contribution < 1.29 is 13.2 Å². The summed E-state index contributed by atoms with van der Waals surface area (Å²) in [6.45, 7) is 3.99. The number of hydrogen-bond donors (Lipinski definition) is 1. The second-order valence-corrected chi connectivity index (χ2v) is 8.81. The average Bonchev–Trinajstić information content (AvgIpc) is 2.95. The lowest BCUT2D eigenvalue weighted by molar-refractivity contribution is 0.0184. The number of piperidine rings is 1. The predicted molar refractivity (Wildman–Crippen MR) is 85.3 cm³/mol. The van der Waals surface area contributed by atoms with Crippen LogP contribution < -0.4 is 5.32 Å². The Morgan fingerprint density at radius 2 is 2.24 bits per heavy atom. The van der Waals surface area contributed by atoms with E-state index in [1.807, 2.05) is 13.1 Å². The van der Waals surface area contributed by atoms with Crippen molar-refractivity contribution in [3.63, 3.8) is 0 Å². The van der Waals surface area contributed by atoms with Crippen LogP contribution in [0.3, 0.4) is 0 Å². The molecule has 0 radical (unpaired) electrons. The molecular formula is C14H24N2O3S2. The fourth-order valence-corrected chi connectivity index (χ4v) is 5.51. The van der Waals surface area contributed by atoms with Gasteiger partial charge in [0.05, 0.1) is 6.10 Å². The van der Waals surface area contributed by atoms with E-state index in [0.717, 1.165) is 24.3 Å². The van der Waals surface area contributed by atoms with Crippen LogP contribution in [0.15, 0.2) is 16.3 Å². The van der Waals surface area contributed by atoms with Crippen LogP contribution in [0, 0.1) is 5.92 Å². The monoisotopic (exact) mass is 332 g/mol. The minimum atomic E-state index is -3.38. The van der Waals surface area contributed by atoms with Gasteiger partial charge in [-0.15, -0.1) is 11.3 Å². The van der Waals surface area contributed by atoms with Crippen molar-refractivity contribution in [3.05, 3.63) is 17.0 Å². The summed E-state index contributed by atoms with van der Waals surface area (Å²) in [5.41, 5.74) is 0. The van der Waals surface area contributed by atoms with Gasteiger partial charge in [0.1, 0.15) is 4.21 Å². The lowest BCUT2D eigenvalue weighted by Gasteiger charge is -2.35. The van der Waals surface area contributed by atoms with Crippen molar-refractivity contribution >= 4 is 21.4 Å². The third kappa shape index (κ3) is 3.84. The summed E-state index contributed by atoms with van der Waals surface area (Å²) in [4.78, 5) is 1.09. The Bertz CT molecular complexity index is 556. The fraction of sp³-hybridized carbons (Fsp3) is 0.714. The van der Waals surface area contributed by atoms with Gasteiger partial charge in [-0.1, -0.05) is 6.92 Å². The number of nitrogens with zero attached hydrogens (tertiary/aromatic N) is 1. The van der Waals surface area contributed by atoms with Crippen molar-refractivity contribution in [2.75, 3.05) is 33.8 Å². The molecule has 1 fully saturated rings. The first-order valence-electron chi connectivity index (χ1n) is 7.25. The van der Waals surface area contributed by atoms with Crippen molar-refractivity contribution in [2.24, 2.45) is 5.92 Å². The third-order valence-electron chi connectivity index (χ3n) is 4.01. The zero-order valence-electron chi connectivity index (χ0n) is 12.8. The summed E-state index contributed by atoms with van der Waals surface area (Å²) in [6.07, 6.45) is 1.68. The van der Waals surface area contributed by atoms with Crippen LogP contribution in [0.1, 0.15) is 18.2 Å². The van der Waals surface area contributed by atoms with Gasteiger partial charge in [0, 0.05) is 25.1 Å². The maximum atomic E-state index is 12.7. The number of sulfonamides is 1. The number of ether oxygens (including phenoxy) is 1. The third-order valence-corrected chi connectivity index (χ3v) is 7.48. The van der Waals surface area contributed by atoms with Crippen LogP contribution >= 0.6 is 11.3 Å². The lowest BCUT2D eigenvalue weighted by atomic mass is 9.97. The maximum Gasteiger partial charge on any atom is 0.252 e. The van der Waals surface area contributed by atoms with Gasteiger partial charge in [-0.2, -0.15) is 4.31 Å². The second-order valence-electron chi connectivity index (χ2n) is 5.48. The highest BCUT2D eigenvalue weighted by molar-refractivity contribution is 7.91. The lowest BCUT2D eigenvalue weighted by Crippen LogP contribution is -2.46. The fourth-order valence-electron chi connectivity index (χ4n) is 2.54. The van der Waals surface area contributed by atoms with Crippen LogP contribution in [0.5, 0.6) is 0 Å². The quantitative estimate of drug-likeness (QED) is 0.859. The van der Waals surface area contributed by atoms with Crippen LogP contribution in [0.2, 0.25) is 0 Å². The zero-order valence-corrected chi connectivity index (χ0v) is 14.5. The summed E-state index contributed by atoms with van der Waals surface area (Å²) in [5, 5.41) is 3.08. The Balaban J connectivity index is 2.12. The second kappa shape index (κ2) is 7.19. The van der Waals surface area contributed by atoms with Gasteiger partial charge in [0.25, 0.3) is 10.0 Å². The van der Waals surface area contributed by atoms with Crippen LogP contribution in [0.4, 0.5) is 0 Å². The molecule has 0 saturated carbocycles. The molecule has 1 aliphatic rings.